The molecule has 5 rings (SSSR count). The summed E-state index contributed by atoms with van der Waals surface area (Å²) in [6, 6.07) is 33.8. The first-order chi connectivity index (χ1) is 15.7. The van der Waals surface area contributed by atoms with E-state index >= 15 is 0 Å². The summed E-state index contributed by atoms with van der Waals surface area (Å²) in [6.07, 6.45) is 0. The van der Waals surface area contributed by atoms with Gasteiger partial charge in [0, 0.05) is 27.8 Å². The van der Waals surface area contributed by atoms with Gasteiger partial charge in [0.25, 0.3) is 0 Å². The van der Waals surface area contributed by atoms with Crippen molar-refractivity contribution in [3.63, 3.8) is 0 Å². The molecule has 4 aromatic carbocycles. The Morgan fingerprint density at radius 2 is 1.19 bits per heavy atom. The number of phenols is 1. The molecule has 0 atom stereocenters. The Hall–Kier alpha value is -4.44. The number of nitrogens with one attached hydrogen (secondary N) is 1. The zero-order chi connectivity index (χ0) is 21.9. The Morgan fingerprint density at radius 3 is 1.84 bits per heavy atom. The molecular weight excluding hydrogens is 396 g/mol. The van der Waals surface area contributed by atoms with Gasteiger partial charge in [0.05, 0.1) is 11.4 Å². The van der Waals surface area contributed by atoms with Crippen molar-refractivity contribution < 1.29 is 9.90 Å². The van der Waals surface area contributed by atoms with Crippen LogP contribution in [-0.2, 0) is 0 Å². The molecule has 0 aliphatic carbocycles. The molecule has 1 heterocycles. The van der Waals surface area contributed by atoms with Crippen molar-refractivity contribution in [3.8, 4) is 39.7 Å². The minimum atomic E-state index is -0.00479. The fourth-order valence-electron chi connectivity index (χ4n) is 3.69. The average Bonchev–Trinajstić information content (AvgIpc) is 3.31. The number of hydrogen-bond acceptors (Lipinski definition) is 3. The molecule has 0 aliphatic heterocycles. The number of nitrogens with zero attached hydrogens (tertiary/aromatic N) is 1. The van der Waals surface area contributed by atoms with Crippen LogP contribution in [0.25, 0.3) is 33.9 Å². The molecule has 4 heteroatoms. The molecule has 32 heavy (non-hydrogen) atoms. The van der Waals surface area contributed by atoms with Crippen molar-refractivity contribution in [2.24, 2.45) is 0 Å². The van der Waals surface area contributed by atoms with E-state index in [1.54, 1.807) is 12.1 Å². The van der Waals surface area contributed by atoms with Crippen molar-refractivity contribution in [1.82, 2.24) is 9.97 Å². The monoisotopic (exact) mass is 416 g/mol. The molecule has 0 saturated heterocycles. The van der Waals surface area contributed by atoms with Crippen LogP contribution in [0.5, 0.6) is 5.75 Å². The predicted molar refractivity (Wildman–Crippen MR) is 126 cm³/mol. The van der Waals surface area contributed by atoms with E-state index in [0.29, 0.717) is 17.0 Å². The van der Waals surface area contributed by atoms with Gasteiger partial charge in [-0.2, -0.15) is 0 Å². The van der Waals surface area contributed by atoms with E-state index in [1.807, 2.05) is 97.1 Å². The number of imidazole rings is 1. The molecule has 154 valence electrons. The molecule has 2 N–H and O–H groups in total. The molecule has 0 radical (unpaired) electrons. The second-order valence-electron chi connectivity index (χ2n) is 7.49. The van der Waals surface area contributed by atoms with Crippen molar-refractivity contribution >= 4 is 5.78 Å². The quantitative estimate of drug-likeness (QED) is 0.328. The third-order valence-electron chi connectivity index (χ3n) is 5.36. The van der Waals surface area contributed by atoms with Gasteiger partial charge in [-0.15, -0.1) is 0 Å². The maximum atomic E-state index is 12.8. The lowest BCUT2D eigenvalue weighted by Crippen LogP contribution is -2.00. The Balaban J connectivity index is 1.56. The number of carbonyl (C=O) groups is 1. The van der Waals surface area contributed by atoms with Crippen molar-refractivity contribution in [1.29, 1.82) is 0 Å². The predicted octanol–water partition coefficient (Wildman–Crippen LogP) is 6.35. The molecule has 1 aromatic heterocycles. The van der Waals surface area contributed by atoms with E-state index in [-0.39, 0.29) is 11.5 Å². The third kappa shape index (κ3) is 3.82. The van der Waals surface area contributed by atoms with Crippen LogP contribution < -0.4 is 0 Å². The van der Waals surface area contributed by atoms with E-state index in [1.165, 1.54) is 0 Å². The van der Waals surface area contributed by atoms with Crippen LogP contribution in [0, 0.1) is 0 Å². The largest absolute Gasteiger partial charge is 0.508 e. The highest BCUT2D eigenvalue weighted by atomic mass is 16.3. The number of aromatic amines is 1. The van der Waals surface area contributed by atoms with Crippen LogP contribution in [0.3, 0.4) is 0 Å². The van der Waals surface area contributed by atoms with Gasteiger partial charge in [-0.05, 0) is 24.3 Å². The van der Waals surface area contributed by atoms with Crippen LogP contribution in [0.2, 0.25) is 0 Å². The molecule has 0 saturated carbocycles. The minimum absolute atomic E-state index is 0.00479. The SMILES string of the molecule is O=C(c1ccccc1)c1ccc(-c2[nH]c(-c3ccc(O)cc3)nc2-c2ccccc2)cc1. The molecule has 0 aliphatic rings. The standard InChI is InChI=1S/C28H20N2O2/c31-24-17-15-23(16-18-24)28-29-25(19-7-3-1-4-8-19)26(30-28)20-11-13-22(14-12-20)27(32)21-9-5-2-6-10-21/h1-18,31H,(H,29,30). The van der Waals surface area contributed by atoms with Crippen LogP contribution in [0.15, 0.2) is 109 Å². The van der Waals surface area contributed by atoms with Gasteiger partial charge in [0.2, 0.25) is 0 Å². The van der Waals surface area contributed by atoms with Crippen molar-refractivity contribution in [3.05, 3.63) is 120 Å². The van der Waals surface area contributed by atoms with E-state index in [9.17, 15) is 9.90 Å². The summed E-state index contributed by atoms with van der Waals surface area (Å²) in [5.74, 6) is 0.917. The van der Waals surface area contributed by atoms with Gasteiger partial charge in [-0.1, -0.05) is 84.9 Å². The summed E-state index contributed by atoms with van der Waals surface area (Å²) in [7, 11) is 0. The summed E-state index contributed by atoms with van der Waals surface area (Å²) in [4.78, 5) is 21.1. The second kappa shape index (κ2) is 8.36. The number of ketones is 1. The maximum absolute atomic E-state index is 12.8. The number of H-pyrrole nitrogens is 1. The van der Waals surface area contributed by atoms with Gasteiger partial charge in [0.15, 0.2) is 5.78 Å². The van der Waals surface area contributed by atoms with Gasteiger partial charge in [0.1, 0.15) is 11.6 Å². The van der Waals surface area contributed by atoms with Crippen LogP contribution in [0.4, 0.5) is 0 Å². The normalized spacial score (nSPS) is 10.8. The Morgan fingerprint density at radius 1 is 0.625 bits per heavy atom. The lowest BCUT2D eigenvalue weighted by atomic mass is 10.00. The minimum Gasteiger partial charge on any atom is -0.508 e. The number of carbonyl (C=O) groups excluding carboxylic acids is 1. The Labute approximate surface area is 185 Å². The van der Waals surface area contributed by atoms with Crippen molar-refractivity contribution in [2.45, 2.75) is 0 Å². The summed E-state index contributed by atoms with van der Waals surface area (Å²) >= 11 is 0. The van der Waals surface area contributed by atoms with Gasteiger partial charge < -0.3 is 10.1 Å². The molecule has 0 unspecified atom stereocenters. The number of benzene rings is 4. The highest BCUT2D eigenvalue weighted by Crippen LogP contribution is 2.33. The number of rotatable bonds is 5. The first-order valence-corrected chi connectivity index (χ1v) is 10.3. The molecule has 5 aromatic rings. The summed E-state index contributed by atoms with van der Waals surface area (Å²) in [5.41, 5.74) is 5.82. The molecule has 0 fully saturated rings. The Kier molecular flexibility index (Phi) is 5.10. The zero-order valence-electron chi connectivity index (χ0n) is 17.2. The lowest BCUT2D eigenvalue weighted by molar-refractivity contribution is 0.103. The fourth-order valence-corrected chi connectivity index (χ4v) is 3.69. The zero-order valence-corrected chi connectivity index (χ0v) is 17.2. The van der Waals surface area contributed by atoms with Gasteiger partial charge >= 0.3 is 0 Å². The fraction of sp³-hybridized carbons (Fsp3) is 0. The van der Waals surface area contributed by atoms with Gasteiger partial charge in [-0.25, -0.2) is 4.98 Å². The Bertz CT molecular complexity index is 1360. The molecular formula is C28H20N2O2. The second-order valence-corrected chi connectivity index (χ2v) is 7.49. The first kappa shape index (κ1) is 19.5. The van der Waals surface area contributed by atoms with E-state index in [4.69, 9.17) is 4.98 Å². The maximum Gasteiger partial charge on any atom is 0.193 e. The van der Waals surface area contributed by atoms with Gasteiger partial charge in [-0.3, -0.25) is 4.79 Å². The molecule has 4 nitrogen and oxygen atoms in total. The van der Waals surface area contributed by atoms with E-state index in [2.05, 4.69) is 4.98 Å². The lowest BCUT2D eigenvalue weighted by Gasteiger charge is -2.05. The number of hydrogen-bond donors (Lipinski definition) is 2. The van der Waals surface area contributed by atoms with E-state index in [0.717, 1.165) is 28.1 Å². The summed E-state index contributed by atoms with van der Waals surface area (Å²) in [6.45, 7) is 0. The number of aromatic hydroxyl groups is 1. The highest BCUT2D eigenvalue weighted by molar-refractivity contribution is 6.09. The van der Waals surface area contributed by atoms with Crippen LogP contribution >= 0.6 is 0 Å². The number of aromatic nitrogens is 2. The van der Waals surface area contributed by atoms with Crippen LogP contribution in [0.1, 0.15) is 15.9 Å². The summed E-state index contributed by atoms with van der Waals surface area (Å²) in [5, 5.41) is 9.61. The van der Waals surface area contributed by atoms with E-state index < -0.39 is 0 Å². The molecule has 0 amide bonds. The topological polar surface area (TPSA) is 66.0 Å². The van der Waals surface area contributed by atoms with Crippen molar-refractivity contribution in [2.75, 3.05) is 0 Å². The average molecular weight is 416 g/mol. The molecule has 0 spiro atoms. The number of phenolic OH excluding ortho intramolecular Hbond substituents is 1. The third-order valence-corrected chi connectivity index (χ3v) is 5.36. The smallest absolute Gasteiger partial charge is 0.193 e. The first-order valence-electron chi connectivity index (χ1n) is 10.3. The highest BCUT2D eigenvalue weighted by Gasteiger charge is 2.16. The molecule has 0 bridgehead atoms. The summed E-state index contributed by atoms with van der Waals surface area (Å²) < 4.78 is 0. The van der Waals surface area contributed by atoms with Crippen LogP contribution in [-0.4, -0.2) is 20.9 Å².